The Balaban J connectivity index is 1.61. The highest BCUT2D eigenvalue weighted by molar-refractivity contribution is 6.50. The molecule has 3 aromatic rings. The lowest BCUT2D eigenvalue weighted by Gasteiger charge is -2.16. The molecule has 30 heavy (non-hydrogen) atoms. The van der Waals surface area contributed by atoms with Gasteiger partial charge in [-0.05, 0) is 36.4 Å². The zero-order valence-electron chi connectivity index (χ0n) is 14.7. The second kappa shape index (κ2) is 7.30. The summed E-state index contributed by atoms with van der Waals surface area (Å²) in [5.41, 5.74) is 0.216. The van der Waals surface area contributed by atoms with Crippen LogP contribution in [0.15, 0.2) is 59.4 Å². The molecule has 0 saturated carbocycles. The zero-order valence-corrected chi connectivity index (χ0v) is 15.5. The highest BCUT2D eigenvalue weighted by Crippen LogP contribution is 2.31. The summed E-state index contributed by atoms with van der Waals surface area (Å²) in [6, 6.07) is 9.67. The lowest BCUT2D eigenvalue weighted by atomic mass is 10.0. The van der Waals surface area contributed by atoms with Crippen LogP contribution in [0.5, 0.6) is 5.75 Å². The van der Waals surface area contributed by atoms with Crippen LogP contribution in [0.3, 0.4) is 0 Å². The van der Waals surface area contributed by atoms with Gasteiger partial charge in [-0.2, -0.15) is 0 Å². The van der Waals surface area contributed by atoms with Gasteiger partial charge in [0.1, 0.15) is 33.6 Å². The molecule has 2 aromatic heterocycles. The molecule has 1 aliphatic carbocycles. The molecule has 0 amide bonds. The number of H-pyrrole nitrogens is 1. The van der Waals surface area contributed by atoms with Gasteiger partial charge >= 0.3 is 6.36 Å². The second-order valence-corrected chi connectivity index (χ2v) is 6.45. The number of aromatic nitrogens is 3. The number of ketones is 2. The Morgan fingerprint density at radius 1 is 1.03 bits per heavy atom. The zero-order chi connectivity index (χ0) is 21.5. The van der Waals surface area contributed by atoms with Crippen LogP contribution in [0.1, 0.15) is 21.0 Å². The predicted octanol–water partition coefficient (Wildman–Crippen LogP) is 4.31. The van der Waals surface area contributed by atoms with Crippen molar-refractivity contribution >= 4 is 28.9 Å². The van der Waals surface area contributed by atoms with E-state index in [1.54, 1.807) is 18.2 Å². The van der Waals surface area contributed by atoms with Gasteiger partial charge in [-0.3, -0.25) is 14.6 Å². The Hall–Kier alpha value is -3.66. The van der Waals surface area contributed by atoms with E-state index in [1.807, 2.05) is 0 Å². The molecule has 0 saturated heterocycles. The van der Waals surface area contributed by atoms with Crippen molar-refractivity contribution in [2.24, 2.45) is 0 Å². The van der Waals surface area contributed by atoms with E-state index in [1.165, 1.54) is 18.3 Å². The van der Waals surface area contributed by atoms with Crippen molar-refractivity contribution in [1.82, 2.24) is 15.0 Å². The Bertz CT molecular complexity index is 1170. The fourth-order valence-electron chi connectivity index (χ4n) is 2.76. The van der Waals surface area contributed by atoms with E-state index in [4.69, 9.17) is 11.6 Å². The highest BCUT2D eigenvalue weighted by Gasteiger charge is 2.35. The number of halogens is 4. The number of aromatic amines is 1. The first-order valence-corrected chi connectivity index (χ1v) is 8.74. The van der Waals surface area contributed by atoms with Gasteiger partial charge in [0.2, 0.25) is 11.6 Å². The molecule has 7 nitrogen and oxygen atoms in total. The number of hydrogen-bond donors (Lipinski definition) is 2. The van der Waals surface area contributed by atoms with E-state index < -0.39 is 23.7 Å². The highest BCUT2D eigenvalue weighted by atomic mass is 35.5. The summed E-state index contributed by atoms with van der Waals surface area (Å²) in [4.78, 5) is 36.5. The SMILES string of the molecule is O=C1C(Nc2ccc(OC(F)(F)F)cc2)=C(Cl)C(=O)c2[nH]c(-c3ccccn3)nc21. The topological polar surface area (TPSA) is 97.0 Å². The number of carbonyl (C=O) groups excluding carboxylic acids is 2. The van der Waals surface area contributed by atoms with Crippen LogP contribution in [0.2, 0.25) is 0 Å². The third-order valence-electron chi connectivity index (χ3n) is 4.06. The molecule has 1 aliphatic rings. The standard InChI is InChI=1S/C19H10ClF3N4O3/c20-12-13(25-9-4-6-10(7-5-9)30-19(21,22)23)17(29)15-14(16(12)28)26-18(27-15)11-3-1-2-8-24-11/h1-8,25H,(H,26,27). The van der Waals surface area contributed by atoms with Gasteiger partial charge in [-0.15, -0.1) is 13.2 Å². The first-order chi connectivity index (χ1) is 14.2. The predicted molar refractivity (Wildman–Crippen MR) is 100 cm³/mol. The molecular formula is C19H10ClF3N4O3. The Labute approximate surface area is 171 Å². The number of carbonyl (C=O) groups is 2. The summed E-state index contributed by atoms with van der Waals surface area (Å²) < 4.78 is 40.6. The van der Waals surface area contributed by atoms with Gasteiger partial charge in [0.05, 0.1) is 0 Å². The third kappa shape index (κ3) is 3.77. The summed E-state index contributed by atoms with van der Waals surface area (Å²) in [6.45, 7) is 0. The van der Waals surface area contributed by atoms with Crippen molar-refractivity contribution in [3.05, 3.63) is 70.8 Å². The Kier molecular flexibility index (Phi) is 4.78. The van der Waals surface area contributed by atoms with E-state index >= 15 is 0 Å². The van der Waals surface area contributed by atoms with Crippen LogP contribution < -0.4 is 10.1 Å². The van der Waals surface area contributed by atoms with Crippen LogP contribution in [-0.2, 0) is 0 Å². The number of allylic oxidation sites excluding steroid dienone is 2. The number of benzene rings is 1. The third-order valence-corrected chi connectivity index (χ3v) is 4.42. The number of alkyl halides is 3. The molecular weight excluding hydrogens is 425 g/mol. The molecule has 1 aromatic carbocycles. The molecule has 0 bridgehead atoms. The smallest absolute Gasteiger partial charge is 0.406 e. The molecule has 0 radical (unpaired) electrons. The number of rotatable bonds is 4. The van der Waals surface area contributed by atoms with E-state index in [9.17, 15) is 22.8 Å². The van der Waals surface area contributed by atoms with Crippen LogP contribution >= 0.6 is 11.6 Å². The van der Waals surface area contributed by atoms with Crippen molar-refractivity contribution in [2.45, 2.75) is 6.36 Å². The minimum atomic E-state index is -4.83. The lowest BCUT2D eigenvalue weighted by molar-refractivity contribution is -0.274. The first kappa shape index (κ1) is 19.6. The van der Waals surface area contributed by atoms with Crippen LogP contribution in [-0.4, -0.2) is 32.9 Å². The molecule has 0 aliphatic heterocycles. The van der Waals surface area contributed by atoms with Gasteiger partial charge in [0.25, 0.3) is 0 Å². The summed E-state index contributed by atoms with van der Waals surface area (Å²) in [5, 5.41) is 2.29. The monoisotopic (exact) mass is 434 g/mol. The minimum absolute atomic E-state index is 0.0647. The lowest BCUT2D eigenvalue weighted by Crippen LogP contribution is -2.24. The van der Waals surface area contributed by atoms with Crippen molar-refractivity contribution in [3.63, 3.8) is 0 Å². The van der Waals surface area contributed by atoms with Gasteiger partial charge in [0.15, 0.2) is 5.82 Å². The normalized spacial score (nSPS) is 14.0. The van der Waals surface area contributed by atoms with Gasteiger partial charge < -0.3 is 15.0 Å². The molecule has 2 heterocycles. The maximum absolute atomic E-state index is 12.8. The number of hydrogen-bond acceptors (Lipinski definition) is 6. The maximum atomic E-state index is 12.8. The number of nitrogens with one attached hydrogen (secondary N) is 2. The maximum Gasteiger partial charge on any atom is 0.573 e. The van der Waals surface area contributed by atoms with Crippen molar-refractivity contribution in [1.29, 1.82) is 0 Å². The molecule has 11 heteroatoms. The minimum Gasteiger partial charge on any atom is -0.406 e. The summed E-state index contributed by atoms with van der Waals surface area (Å²) in [5.74, 6) is -1.51. The Morgan fingerprint density at radius 2 is 1.77 bits per heavy atom. The van der Waals surface area contributed by atoms with E-state index in [0.29, 0.717) is 5.69 Å². The number of nitrogens with zero attached hydrogens (tertiary/aromatic N) is 2. The molecule has 0 unspecified atom stereocenters. The Morgan fingerprint density at radius 3 is 2.40 bits per heavy atom. The fourth-order valence-corrected chi connectivity index (χ4v) is 2.99. The van der Waals surface area contributed by atoms with E-state index in [0.717, 1.165) is 12.1 Å². The molecule has 2 N–H and O–H groups in total. The first-order valence-electron chi connectivity index (χ1n) is 8.36. The van der Waals surface area contributed by atoms with Crippen molar-refractivity contribution in [3.8, 4) is 17.3 Å². The van der Waals surface area contributed by atoms with E-state index in [2.05, 4.69) is 25.0 Å². The average Bonchev–Trinajstić information content (AvgIpc) is 3.16. The summed E-state index contributed by atoms with van der Waals surface area (Å²) >= 11 is 6.09. The van der Waals surface area contributed by atoms with Crippen molar-refractivity contribution < 1.29 is 27.5 Å². The number of imidazole rings is 1. The number of ether oxygens (including phenoxy) is 1. The number of fused-ring (bicyclic) bond motifs is 1. The van der Waals surface area contributed by atoms with Crippen molar-refractivity contribution in [2.75, 3.05) is 5.32 Å². The summed E-state index contributed by atoms with van der Waals surface area (Å²) in [7, 11) is 0. The molecule has 0 spiro atoms. The van der Waals surface area contributed by atoms with Crippen LogP contribution in [0.25, 0.3) is 11.5 Å². The molecule has 0 fully saturated rings. The number of anilines is 1. The number of pyridine rings is 1. The van der Waals surface area contributed by atoms with Crippen LogP contribution in [0, 0.1) is 0 Å². The van der Waals surface area contributed by atoms with Gasteiger partial charge in [-0.25, -0.2) is 4.98 Å². The average molecular weight is 435 g/mol. The molecule has 0 atom stereocenters. The molecule has 152 valence electrons. The fraction of sp³-hybridized carbons (Fsp3) is 0.0526. The second-order valence-electron chi connectivity index (χ2n) is 6.07. The van der Waals surface area contributed by atoms with E-state index in [-0.39, 0.29) is 33.6 Å². The van der Waals surface area contributed by atoms with Crippen LogP contribution in [0.4, 0.5) is 18.9 Å². The molecule has 4 rings (SSSR count). The summed E-state index contributed by atoms with van der Waals surface area (Å²) in [6.07, 6.45) is -3.29. The van der Waals surface area contributed by atoms with Gasteiger partial charge in [-0.1, -0.05) is 17.7 Å². The number of Topliss-reactive ketones (excluding diaryl/α,β-unsaturated/α-hetero) is 2. The largest absolute Gasteiger partial charge is 0.573 e. The van der Waals surface area contributed by atoms with Gasteiger partial charge in [0, 0.05) is 11.9 Å². The quantitative estimate of drug-likeness (QED) is 0.635.